The Morgan fingerprint density at radius 1 is 0.933 bits per heavy atom. The quantitative estimate of drug-likeness (QED) is 0.718. The molecule has 2 aromatic rings. The van der Waals surface area contributed by atoms with E-state index in [1.165, 1.54) is 11.1 Å². The van der Waals surface area contributed by atoms with Crippen molar-refractivity contribution in [1.29, 1.82) is 0 Å². The maximum absolute atomic E-state index is 5.62. The Kier molecular flexibility index (Phi) is 3.27. The van der Waals surface area contributed by atoms with E-state index in [9.17, 15) is 0 Å². The van der Waals surface area contributed by atoms with Crippen molar-refractivity contribution in [3.63, 3.8) is 0 Å². The molecule has 2 aromatic carbocycles. The molecule has 0 fully saturated rings. The first-order chi connectivity index (χ1) is 7.29. The number of hydrogen-bond donors (Lipinski definition) is 0. The van der Waals surface area contributed by atoms with Gasteiger partial charge in [0.15, 0.2) is 0 Å². The topological polar surface area (TPSA) is 0 Å². The summed E-state index contributed by atoms with van der Waals surface area (Å²) in [6, 6.07) is 16.6. The average molecular weight is 257 g/mol. The van der Waals surface area contributed by atoms with Gasteiger partial charge in [-0.2, -0.15) is 0 Å². The van der Waals surface area contributed by atoms with Crippen molar-refractivity contribution in [1.82, 2.24) is 0 Å². The minimum Gasteiger partial charge on any atom is -0.0643 e. The van der Waals surface area contributed by atoms with Gasteiger partial charge in [-0.05, 0) is 23.3 Å². The summed E-state index contributed by atoms with van der Waals surface area (Å²) in [6.07, 6.45) is 0.585. The van der Waals surface area contributed by atoms with Crippen molar-refractivity contribution in [3.05, 3.63) is 58.6 Å². The first-order valence-corrected chi connectivity index (χ1v) is 5.64. The molecule has 0 aromatic heterocycles. The van der Waals surface area contributed by atoms with E-state index in [1.54, 1.807) is 0 Å². The second kappa shape index (κ2) is 4.67. The SMILES string of the molecule is [B]Cc1cccc(-c2cccc(Br)c2)c1. The van der Waals surface area contributed by atoms with Gasteiger partial charge in [-0.25, -0.2) is 0 Å². The third-order valence-corrected chi connectivity index (χ3v) is 2.81. The third-order valence-electron chi connectivity index (χ3n) is 2.32. The minimum absolute atomic E-state index is 0.585. The molecule has 0 spiro atoms. The largest absolute Gasteiger partial charge is 0.0716 e. The van der Waals surface area contributed by atoms with Crippen LogP contribution in [0.25, 0.3) is 11.1 Å². The van der Waals surface area contributed by atoms with Crippen LogP contribution in [-0.4, -0.2) is 7.85 Å². The Labute approximate surface area is 99.9 Å². The van der Waals surface area contributed by atoms with Crippen LogP contribution in [0.15, 0.2) is 53.0 Å². The fourth-order valence-corrected chi connectivity index (χ4v) is 1.95. The molecule has 0 atom stereocenters. The van der Waals surface area contributed by atoms with Crippen molar-refractivity contribution in [3.8, 4) is 11.1 Å². The Bertz CT molecular complexity index is 466. The standard InChI is InChI=1S/C13H10BBr/c14-9-10-3-1-4-11(7-10)12-5-2-6-13(15)8-12/h1-8H,9H2. The van der Waals surface area contributed by atoms with E-state index in [0.717, 1.165) is 10.0 Å². The Morgan fingerprint density at radius 2 is 1.60 bits per heavy atom. The van der Waals surface area contributed by atoms with Crippen molar-refractivity contribution in [2.24, 2.45) is 0 Å². The van der Waals surface area contributed by atoms with E-state index >= 15 is 0 Å². The lowest BCUT2D eigenvalue weighted by atomic mass is 9.94. The van der Waals surface area contributed by atoms with Gasteiger partial charge in [0, 0.05) is 4.47 Å². The van der Waals surface area contributed by atoms with Crippen LogP contribution in [0.4, 0.5) is 0 Å². The number of halogens is 1. The first kappa shape index (κ1) is 10.5. The molecule has 2 heteroatoms. The minimum atomic E-state index is 0.585. The van der Waals surface area contributed by atoms with Crippen LogP contribution in [0, 0.1) is 0 Å². The summed E-state index contributed by atoms with van der Waals surface area (Å²) in [5.74, 6) is 0. The summed E-state index contributed by atoms with van der Waals surface area (Å²) in [5, 5.41) is 0. The summed E-state index contributed by atoms with van der Waals surface area (Å²) in [7, 11) is 5.62. The van der Waals surface area contributed by atoms with Crippen LogP contribution in [0.5, 0.6) is 0 Å². The fourth-order valence-electron chi connectivity index (χ4n) is 1.55. The van der Waals surface area contributed by atoms with Gasteiger partial charge in [0.2, 0.25) is 0 Å². The number of hydrogen-bond acceptors (Lipinski definition) is 0. The molecule has 0 aliphatic heterocycles. The highest BCUT2D eigenvalue weighted by Crippen LogP contribution is 2.23. The van der Waals surface area contributed by atoms with E-state index in [-0.39, 0.29) is 0 Å². The van der Waals surface area contributed by atoms with E-state index in [4.69, 9.17) is 7.85 Å². The lowest BCUT2D eigenvalue weighted by molar-refractivity contribution is 1.40. The molecule has 0 N–H and O–H groups in total. The number of benzene rings is 2. The average Bonchev–Trinajstić information content (AvgIpc) is 2.29. The molecule has 2 rings (SSSR count). The molecule has 0 aliphatic rings. The van der Waals surface area contributed by atoms with Crippen molar-refractivity contribution < 1.29 is 0 Å². The highest BCUT2D eigenvalue weighted by Gasteiger charge is 1.98. The van der Waals surface area contributed by atoms with Crippen molar-refractivity contribution in [2.45, 2.75) is 6.32 Å². The summed E-state index contributed by atoms with van der Waals surface area (Å²) in [4.78, 5) is 0. The second-order valence-electron chi connectivity index (χ2n) is 3.41. The van der Waals surface area contributed by atoms with Crippen LogP contribution >= 0.6 is 15.9 Å². The Morgan fingerprint density at radius 3 is 2.27 bits per heavy atom. The van der Waals surface area contributed by atoms with Crippen LogP contribution in [0.1, 0.15) is 5.56 Å². The van der Waals surface area contributed by atoms with Gasteiger partial charge in [0.25, 0.3) is 0 Å². The smallest absolute Gasteiger partial charge is 0.0643 e. The van der Waals surface area contributed by atoms with Gasteiger partial charge in [0.1, 0.15) is 0 Å². The molecule has 0 heterocycles. The normalized spacial score (nSPS) is 10.2. The Hall–Kier alpha value is -1.02. The van der Waals surface area contributed by atoms with Crippen molar-refractivity contribution in [2.75, 3.05) is 0 Å². The van der Waals surface area contributed by atoms with E-state index in [0.29, 0.717) is 6.32 Å². The van der Waals surface area contributed by atoms with E-state index in [2.05, 4.69) is 40.2 Å². The molecule has 0 saturated carbocycles. The summed E-state index contributed by atoms with van der Waals surface area (Å²) in [6.45, 7) is 0. The van der Waals surface area contributed by atoms with E-state index in [1.807, 2.05) is 24.3 Å². The molecule has 0 aliphatic carbocycles. The third kappa shape index (κ3) is 2.51. The van der Waals surface area contributed by atoms with Crippen LogP contribution in [0.3, 0.4) is 0 Å². The summed E-state index contributed by atoms with van der Waals surface area (Å²) >= 11 is 3.47. The van der Waals surface area contributed by atoms with Gasteiger partial charge >= 0.3 is 0 Å². The monoisotopic (exact) mass is 256 g/mol. The van der Waals surface area contributed by atoms with E-state index < -0.39 is 0 Å². The zero-order chi connectivity index (χ0) is 10.7. The predicted molar refractivity (Wildman–Crippen MR) is 69.0 cm³/mol. The zero-order valence-electron chi connectivity index (χ0n) is 8.28. The molecule has 15 heavy (non-hydrogen) atoms. The summed E-state index contributed by atoms with van der Waals surface area (Å²) in [5.41, 5.74) is 3.58. The molecule has 2 radical (unpaired) electrons. The van der Waals surface area contributed by atoms with Gasteiger partial charge in [0.05, 0.1) is 7.85 Å². The highest BCUT2D eigenvalue weighted by molar-refractivity contribution is 9.10. The fraction of sp³-hybridized carbons (Fsp3) is 0.0769. The highest BCUT2D eigenvalue weighted by atomic mass is 79.9. The Balaban J connectivity index is 2.44. The van der Waals surface area contributed by atoms with Gasteiger partial charge in [-0.1, -0.05) is 64.2 Å². The van der Waals surface area contributed by atoms with Crippen LogP contribution < -0.4 is 0 Å². The lowest BCUT2D eigenvalue weighted by Crippen LogP contribution is -1.84. The first-order valence-electron chi connectivity index (χ1n) is 4.84. The zero-order valence-corrected chi connectivity index (χ0v) is 9.87. The molecular formula is C13H10BBr. The molecule has 72 valence electrons. The molecule has 0 amide bonds. The second-order valence-corrected chi connectivity index (χ2v) is 4.33. The van der Waals surface area contributed by atoms with Crippen LogP contribution in [0.2, 0.25) is 0 Å². The van der Waals surface area contributed by atoms with Gasteiger partial charge < -0.3 is 0 Å². The summed E-state index contributed by atoms with van der Waals surface area (Å²) < 4.78 is 1.10. The molecule has 0 saturated heterocycles. The molecular weight excluding hydrogens is 247 g/mol. The van der Waals surface area contributed by atoms with Gasteiger partial charge in [-0.3, -0.25) is 0 Å². The maximum Gasteiger partial charge on any atom is 0.0716 e. The lowest BCUT2D eigenvalue weighted by Gasteiger charge is -2.04. The predicted octanol–water partition coefficient (Wildman–Crippen LogP) is 3.78. The molecule has 0 unspecified atom stereocenters. The maximum atomic E-state index is 5.62. The van der Waals surface area contributed by atoms with Gasteiger partial charge in [-0.15, -0.1) is 0 Å². The van der Waals surface area contributed by atoms with Crippen molar-refractivity contribution >= 4 is 23.8 Å². The molecule has 0 bridgehead atoms. The van der Waals surface area contributed by atoms with Crippen LogP contribution in [-0.2, 0) is 6.32 Å². The molecule has 0 nitrogen and oxygen atoms in total. The number of rotatable bonds is 2.